The molecule has 0 radical (unpaired) electrons. The second-order valence-electron chi connectivity index (χ2n) is 2.85. The maximum atomic E-state index is 5.75. The van der Waals surface area contributed by atoms with Crippen molar-refractivity contribution in [3.63, 3.8) is 0 Å². The van der Waals surface area contributed by atoms with Gasteiger partial charge in [-0.3, -0.25) is 0 Å². The number of hydrogen-bond donors (Lipinski definition) is 1. The summed E-state index contributed by atoms with van der Waals surface area (Å²) in [6.45, 7) is 8.31. The van der Waals surface area contributed by atoms with Crippen LogP contribution in [0, 0.1) is 0 Å². The summed E-state index contributed by atoms with van der Waals surface area (Å²) in [5, 5.41) is 0. The molecule has 0 fully saturated rings. The summed E-state index contributed by atoms with van der Waals surface area (Å²) in [6.07, 6.45) is 5.26. The van der Waals surface area contributed by atoms with Gasteiger partial charge in [0.1, 0.15) is 0 Å². The Balaban J connectivity index is 4.53. The average molecular weight is 153 g/mol. The summed E-state index contributed by atoms with van der Waals surface area (Å²) in [5.41, 5.74) is 8.41. The Morgan fingerprint density at radius 2 is 2.09 bits per heavy atom. The molecule has 1 nitrogen and oxygen atoms in total. The first-order chi connectivity index (χ1) is 5.13. The third-order valence-electron chi connectivity index (χ3n) is 1.94. The Bertz CT molecular complexity index is 164. The van der Waals surface area contributed by atoms with Crippen LogP contribution in [0.25, 0.3) is 0 Å². The van der Waals surface area contributed by atoms with Gasteiger partial charge >= 0.3 is 0 Å². The van der Waals surface area contributed by atoms with E-state index in [-0.39, 0.29) is 6.04 Å². The summed E-state index contributed by atoms with van der Waals surface area (Å²) in [6, 6.07) is 0.182. The molecule has 0 heterocycles. The van der Waals surface area contributed by atoms with Crippen molar-refractivity contribution in [2.45, 2.75) is 40.2 Å². The molecule has 0 aromatic heterocycles. The zero-order valence-electron chi connectivity index (χ0n) is 8.02. The topological polar surface area (TPSA) is 26.0 Å². The second kappa shape index (κ2) is 5.14. The van der Waals surface area contributed by atoms with Crippen LogP contribution in [0.3, 0.4) is 0 Å². The van der Waals surface area contributed by atoms with E-state index in [1.54, 1.807) is 0 Å². The van der Waals surface area contributed by atoms with Gasteiger partial charge in [-0.05, 0) is 32.8 Å². The van der Waals surface area contributed by atoms with Crippen molar-refractivity contribution in [3.05, 3.63) is 23.3 Å². The molecule has 0 bridgehead atoms. The molecule has 2 N–H and O–H groups in total. The van der Waals surface area contributed by atoms with Crippen molar-refractivity contribution >= 4 is 0 Å². The van der Waals surface area contributed by atoms with Crippen LogP contribution >= 0.6 is 0 Å². The Kier molecular flexibility index (Phi) is 4.88. The molecule has 0 aliphatic heterocycles. The van der Waals surface area contributed by atoms with Crippen molar-refractivity contribution in [3.8, 4) is 0 Å². The van der Waals surface area contributed by atoms with Crippen LogP contribution in [0.5, 0.6) is 0 Å². The van der Waals surface area contributed by atoms with Crippen LogP contribution in [-0.4, -0.2) is 6.04 Å². The summed E-state index contributed by atoms with van der Waals surface area (Å²) in [5.74, 6) is 0. The highest BCUT2D eigenvalue weighted by Gasteiger charge is 2.00. The highest BCUT2D eigenvalue weighted by Crippen LogP contribution is 2.12. The van der Waals surface area contributed by atoms with Crippen molar-refractivity contribution in [1.29, 1.82) is 0 Å². The van der Waals surface area contributed by atoms with Gasteiger partial charge in [-0.2, -0.15) is 0 Å². The molecule has 0 aromatic carbocycles. The lowest BCUT2D eigenvalue weighted by Crippen LogP contribution is -2.17. The first-order valence-electron chi connectivity index (χ1n) is 4.21. The van der Waals surface area contributed by atoms with Crippen LogP contribution in [0.2, 0.25) is 0 Å². The van der Waals surface area contributed by atoms with Gasteiger partial charge in [0, 0.05) is 6.04 Å². The lowest BCUT2D eigenvalue weighted by atomic mass is 10.0. The van der Waals surface area contributed by atoms with Crippen LogP contribution in [0.4, 0.5) is 0 Å². The molecule has 0 aromatic rings. The van der Waals surface area contributed by atoms with Crippen LogP contribution < -0.4 is 5.73 Å². The largest absolute Gasteiger partial charge is 0.324 e. The Morgan fingerprint density at radius 3 is 2.36 bits per heavy atom. The van der Waals surface area contributed by atoms with E-state index < -0.39 is 0 Å². The van der Waals surface area contributed by atoms with Gasteiger partial charge < -0.3 is 5.73 Å². The Morgan fingerprint density at radius 1 is 1.55 bits per heavy atom. The smallest absolute Gasteiger partial charge is 0.0227 e. The third kappa shape index (κ3) is 3.38. The Hall–Kier alpha value is -0.560. The number of nitrogens with two attached hydrogens (primary N) is 1. The minimum atomic E-state index is 0.182. The predicted molar refractivity (Wildman–Crippen MR) is 51.5 cm³/mol. The van der Waals surface area contributed by atoms with Gasteiger partial charge in [-0.1, -0.05) is 24.6 Å². The van der Waals surface area contributed by atoms with Crippen LogP contribution in [-0.2, 0) is 0 Å². The van der Waals surface area contributed by atoms with E-state index in [0.717, 1.165) is 6.42 Å². The third-order valence-corrected chi connectivity index (χ3v) is 1.94. The molecule has 1 atom stereocenters. The normalized spacial score (nSPS) is 16.8. The Labute approximate surface area is 70.0 Å². The van der Waals surface area contributed by atoms with Gasteiger partial charge in [-0.15, -0.1) is 0 Å². The monoisotopic (exact) mass is 153 g/mol. The van der Waals surface area contributed by atoms with E-state index in [2.05, 4.69) is 26.0 Å². The van der Waals surface area contributed by atoms with Gasteiger partial charge in [0.2, 0.25) is 0 Å². The second-order valence-corrected chi connectivity index (χ2v) is 2.85. The molecule has 0 saturated heterocycles. The van der Waals surface area contributed by atoms with Gasteiger partial charge in [0.15, 0.2) is 0 Å². The maximum Gasteiger partial charge on any atom is 0.0227 e. The first kappa shape index (κ1) is 10.4. The molecular weight excluding hydrogens is 134 g/mol. The molecule has 11 heavy (non-hydrogen) atoms. The van der Waals surface area contributed by atoms with Gasteiger partial charge in [0.05, 0.1) is 0 Å². The summed E-state index contributed by atoms with van der Waals surface area (Å²) in [7, 11) is 0. The average Bonchev–Trinajstić information content (AvgIpc) is 1.98. The molecule has 0 rings (SSSR count). The fourth-order valence-corrected chi connectivity index (χ4v) is 1.02. The minimum absolute atomic E-state index is 0.182. The predicted octanol–water partition coefficient (Wildman–Crippen LogP) is 2.64. The first-order valence-corrected chi connectivity index (χ1v) is 4.21. The van der Waals surface area contributed by atoms with Crippen LogP contribution in [0.15, 0.2) is 23.3 Å². The van der Waals surface area contributed by atoms with Crippen molar-refractivity contribution in [2.75, 3.05) is 0 Å². The molecule has 0 aliphatic carbocycles. The van der Waals surface area contributed by atoms with E-state index in [1.165, 1.54) is 11.1 Å². The van der Waals surface area contributed by atoms with E-state index >= 15 is 0 Å². The highest BCUT2D eigenvalue weighted by atomic mass is 14.6. The molecule has 0 spiro atoms. The van der Waals surface area contributed by atoms with Crippen molar-refractivity contribution in [1.82, 2.24) is 0 Å². The molecule has 1 heteroatoms. The number of rotatable bonds is 3. The zero-order chi connectivity index (χ0) is 8.85. The van der Waals surface area contributed by atoms with E-state index in [9.17, 15) is 0 Å². The summed E-state index contributed by atoms with van der Waals surface area (Å²) >= 11 is 0. The van der Waals surface area contributed by atoms with Gasteiger partial charge in [-0.25, -0.2) is 0 Å². The zero-order valence-corrected chi connectivity index (χ0v) is 8.02. The molecule has 64 valence electrons. The quantitative estimate of drug-likeness (QED) is 0.620. The van der Waals surface area contributed by atoms with Crippen molar-refractivity contribution < 1.29 is 0 Å². The summed E-state index contributed by atoms with van der Waals surface area (Å²) < 4.78 is 0. The molecular formula is C10H19N. The molecule has 1 unspecified atom stereocenters. The van der Waals surface area contributed by atoms with Gasteiger partial charge in [0.25, 0.3) is 0 Å². The number of allylic oxidation sites excluding steroid dienone is 3. The van der Waals surface area contributed by atoms with E-state index in [1.807, 2.05) is 13.8 Å². The molecule has 0 amide bonds. The fraction of sp³-hybridized carbons (Fsp3) is 0.600. The standard InChI is InChI=1S/C10H19N/c1-5-7-10(6-2)8(3)9(4)11/h5,7,9H,6,11H2,1-4H3/b7-5+,10-8-. The van der Waals surface area contributed by atoms with Crippen LogP contribution in [0.1, 0.15) is 34.1 Å². The fourth-order valence-electron chi connectivity index (χ4n) is 1.02. The lowest BCUT2D eigenvalue weighted by Gasteiger charge is -2.09. The van der Waals surface area contributed by atoms with E-state index in [4.69, 9.17) is 5.73 Å². The minimum Gasteiger partial charge on any atom is -0.324 e. The lowest BCUT2D eigenvalue weighted by molar-refractivity contribution is 0.839. The van der Waals surface area contributed by atoms with Crippen molar-refractivity contribution in [2.24, 2.45) is 5.73 Å². The SMILES string of the molecule is C/C=C/C(CC)=C(/C)C(C)N. The maximum absolute atomic E-state index is 5.75. The highest BCUT2D eigenvalue weighted by molar-refractivity contribution is 5.26. The van der Waals surface area contributed by atoms with E-state index in [0.29, 0.717) is 0 Å². The number of hydrogen-bond acceptors (Lipinski definition) is 1. The summed E-state index contributed by atoms with van der Waals surface area (Å²) in [4.78, 5) is 0. The molecule has 0 aliphatic rings. The molecule has 0 saturated carbocycles.